The van der Waals surface area contributed by atoms with Crippen LogP contribution in [0.3, 0.4) is 0 Å². The molecule has 0 spiro atoms. The van der Waals surface area contributed by atoms with E-state index in [9.17, 15) is 14.0 Å². The number of nitrogens with zero attached hydrogens (tertiary/aromatic N) is 2. The van der Waals surface area contributed by atoms with Gasteiger partial charge in [-0.25, -0.2) is 4.39 Å². The zero-order chi connectivity index (χ0) is 19.9. The largest absolute Gasteiger partial charge is 0.351 e. The summed E-state index contributed by atoms with van der Waals surface area (Å²) in [5, 5.41) is 14.1. The van der Waals surface area contributed by atoms with Crippen LogP contribution in [0.1, 0.15) is 15.9 Å². The summed E-state index contributed by atoms with van der Waals surface area (Å²) in [7, 11) is 0. The van der Waals surface area contributed by atoms with Gasteiger partial charge in [0.15, 0.2) is 4.34 Å². The van der Waals surface area contributed by atoms with E-state index in [1.807, 2.05) is 18.2 Å². The molecule has 0 aliphatic heterocycles. The first-order valence-corrected chi connectivity index (χ1v) is 10.2. The minimum atomic E-state index is -0.418. The summed E-state index contributed by atoms with van der Waals surface area (Å²) in [6, 6.07) is 12.5. The topological polar surface area (TPSA) is 84.0 Å². The van der Waals surface area contributed by atoms with Crippen LogP contribution in [0.25, 0.3) is 0 Å². The molecule has 144 valence electrons. The molecule has 1 heterocycles. The standard InChI is InChI=1S/C18H14ClFN4O2S2/c19-14-4-2-1-3-12(14)9-21-15(25)10-27-18-24-23-17(28-18)22-16(26)11-5-7-13(20)8-6-11/h1-8H,9-10H2,(H,21,25)(H,22,23,26). The van der Waals surface area contributed by atoms with Crippen molar-refractivity contribution in [2.45, 2.75) is 10.9 Å². The molecule has 2 amide bonds. The van der Waals surface area contributed by atoms with Crippen LogP contribution in [0.5, 0.6) is 0 Å². The number of carbonyl (C=O) groups excluding carboxylic acids is 2. The van der Waals surface area contributed by atoms with E-state index < -0.39 is 11.7 Å². The van der Waals surface area contributed by atoms with Gasteiger partial charge in [0.05, 0.1) is 5.75 Å². The van der Waals surface area contributed by atoms with Crippen molar-refractivity contribution in [3.05, 3.63) is 70.5 Å². The Bertz CT molecular complexity index is 982. The van der Waals surface area contributed by atoms with Crippen LogP contribution in [0.15, 0.2) is 52.9 Å². The van der Waals surface area contributed by atoms with Crippen molar-refractivity contribution in [1.29, 1.82) is 0 Å². The van der Waals surface area contributed by atoms with Gasteiger partial charge in [-0.3, -0.25) is 14.9 Å². The maximum absolute atomic E-state index is 12.9. The molecule has 0 radical (unpaired) electrons. The Morgan fingerprint density at radius 2 is 1.86 bits per heavy atom. The molecule has 3 rings (SSSR count). The maximum atomic E-state index is 12.9. The molecule has 0 bridgehead atoms. The van der Waals surface area contributed by atoms with E-state index in [4.69, 9.17) is 11.6 Å². The third-order valence-corrected chi connectivity index (χ3v) is 5.83. The van der Waals surface area contributed by atoms with Gasteiger partial charge in [-0.1, -0.05) is 52.9 Å². The first-order chi connectivity index (χ1) is 13.5. The summed E-state index contributed by atoms with van der Waals surface area (Å²) in [5.41, 5.74) is 1.15. The Morgan fingerprint density at radius 1 is 1.11 bits per heavy atom. The van der Waals surface area contributed by atoms with Crippen LogP contribution >= 0.6 is 34.7 Å². The van der Waals surface area contributed by atoms with Gasteiger partial charge < -0.3 is 5.32 Å². The molecule has 28 heavy (non-hydrogen) atoms. The van der Waals surface area contributed by atoms with E-state index in [0.29, 0.717) is 26.6 Å². The summed E-state index contributed by atoms with van der Waals surface area (Å²) in [5.74, 6) is -0.841. The van der Waals surface area contributed by atoms with Gasteiger partial charge >= 0.3 is 0 Å². The Kier molecular flexibility index (Phi) is 6.96. The molecule has 3 aromatic rings. The average Bonchev–Trinajstić information content (AvgIpc) is 3.13. The highest BCUT2D eigenvalue weighted by Gasteiger charge is 2.12. The number of aromatic nitrogens is 2. The highest BCUT2D eigenvalue weighted by molar-refractivity contribution is 8.01. The molecule has 1 aromatic heterocycles. The number of hydrogen-bond acceptors (Lipinski definition) is 6. The van der Waals surface area contributed by atoms with E-state index in [2.05, 4.69) is 20.8 Å². The smallest absolute Gasteiger partial charge is 0.257 e. The molecule has 2 N–H and O–H groups in total. The fraction of sp³-hybridized carbons (Fsp3) is 0.111. The zero-order valence-corrected chi connectivity index (χ0v) is 16.7. The van der Waals surface area contributed by atoms with E-state index in [0.717, 1.165) is 16.9 Å². The summed E-state index contributed by atoms with van der Waals surface area (Å²) in [6.45, 7) is 0.341. The second kappa shape index (κ2) is 9.63. The molecule has 0 atom stereocenters. The first-order valence-electron chi connectivity index (χ1n) is 8.04. The van der Waals surface area contributed by atoms with Crippen molar-refractivity contribution in [2.75, 3.05) is 11.1 Å². The molecule has 0 aliphatic rings. The highest BCUT2D eigenvalue weighted by Crippen LogP contribution is 2.25. The van der Waals surface area contributed by atoms with Crippen molar-refractivity contribution >= 4 is 51.6 Å². The van der Waals surface area contributed by atoms with Crippen LogP contribution in [0.2, 0.25) is 5.02 Å². The van der Waals surface area contributed by atoms with Gasteiger partial charge in [0, 0.05) is 17.1 Å². The number of amides is 2. The molecule has 0 unspecified atom stereocenters. The number of nitrogens with one attached hydrogen (secondary N) is 2. The number of anilines is 1. The fourth-order valence-electron chi connectivity index (χ4n) is 2.10. The van der Waals surface area contributed by atoms with E-state index >= 15 is 0 Å². The van der Waals surface area contributed by atoms with Gasteiger partial charge in [-0.15, -0.1) is 10.2 Å². The minimum absolute atomic E-state index is 0.158. The number of benzene rings is 2. The Labute approximate surface area is 173 Å². The number of carbonyl (C=O) groups is 2. The third kappa shape index (κ3) is 5.75. The predicted octanol–water partition coefficient (Wildman–Crippen LogP) is 3.99. The quantitative estimate of drug-likeness (QED) is 0.432. The SMILES string of the molecule is O=C(CSc1nnc(NC(=O)c2ccc(F)cc2)s1)NCc1ccccc1Cl. The van der Waals surface area contributed by atoms with Crippen LogP contribution in [0.4, 0.5) is 9.52 Å². The zero-order valence-electron chi connectivity index (χ0n) is 14.3. The summed E-state index contributed by atoms with van der Waals surface area (Å²) >= 11 is 8.41. The van der Waals surface area contributed by atoms with Crippen molar-refractivity contribution < 1.29 is 14.0 Å². The molecule has 6 nitrogen and oxygen atoms in total. The molecule has 0 aliphatic carbocycles. The van der Waals surface area contributed by atoms with E-state index in [-0.39, 0.29) is 11.7 Å². The number of rotatable bonds is 7. The minimum Gasteiger partial charge on any atom is -0.351 e. The lowest BCUT2D eigenvalue weighted by Gasteiger charge is -2.05. The van der Waals surface area contributed by atoms with Crippen LogP contribution < -0.4 is 10.6 Å². The summed E-state index contributed by atoms with van der Waals surface area (Å²) < 4.78 is 13.5. The Balaban J connectivity index is 1.46. The molecule has 0 fully saturated rings. The molecular weight excluding hydrogens is 423 g/mol. The molecule has 10 heteroatoms. The molecule has 2 aromatic carbocycles. The van der Waals surface area contributed by atoms with Gasteiger partial charge in [0.2, 0.25) is 11.0 Å². The van der Waals surface area contributed by atoms with Crippen LogP contribution in [-0.4, -0.2) is 27.8 Å². The van der Waals surface area contributed by atoms with Crippen molar-refractivity contribution in [3.63, 3.8) is 0 Å². The van der Waals surface area contributed by atoms with Crippen molar-refractivity contribution in [1.82, 2.24) is 15.5 Å². The maximum Gasteiger partial charge on any atom is 0.257 e. The molecule has 0 saturated carbocycles. The normalized spacial score (nSPS) is 10.5. The lowest BCUT2D eigenvalue weighted by molar-refractivity contribution is -0.118. The van der Waals surface area contributed by atoms with Crippen LogP contribution in [-0.2, 0) is 11.3 Å². The van der Waals surface area contributed by atoms with Crippen LogP contribution in [0, 0.1) is 5.82 Å². The second-order valence-corrected chi connectivity index (χ2v) is 8.10. The van der Waals surface area contributed by atoms with Crippen molar-refractivity contribution in [2.24, 2.45) is 0 Å². The number of halogens is 2. The van der Waals surface area contributed by atoms with E-state index in [1.54, 1.807) is 6.07 Å². The number of hydrogen-bond donors (Lipinski definition) is 2. The third-order valence-electron chi connectivity index (χ3n) is 3.49. The fourth-order valence-corrected chi connectivity index (χ4v) is 3.88. The molecule has 0 saturated heterocycles. The van der Waals surface area contributed by atoms with Gasteiger partial charge in [0.1, 0.15) is 5.82 Å². The van der Waals surface area contributed by atoms with Crippen molar-refractivity contribution in [3.8, 4) is 0 Å². The Morgan fingerprint density at radius 3 is 2.61 bits per heavy atom. The van der Waals surface area contributed by atoms with Gasteiger partial charge in [0.25, 0.3) is 5.91 Å². The summed E-state index contributed by atoms with van der Waals surface area (Å²) in [6.07, 6.45) is 0. The van der Waals surface area contributed by atoms with E-state index in [1.165, 1.54) is 36.0 Å². The highest BCUT2D eigenvalue weighted by atomic mass is 35.5. The molecular formula is C18H14ClFN4O2S2. The Hall–Kier alpha value is -2.49. The van der Waals surface area contributed by atoms with Gasteiger partial charge in [-0.2, -0.15) is 0 Å². The number of thioether (sulfide) groups is 1. The predicted molar refractivity (Wildman–Crippen MR) is 108 cm³/mol. The lowest BCUT2D eigenvalue weighted by Crippen LogP contribution is -2.24. The first kappa shape index (κ1) is 20.2. The summed E-state index contributed by atoms with van der Waals surface area (Å²) in [4.78, 5) is 24.1. The lowest BCUT2D eigenvalue weighted by atomic mass is 10.2. The van der Waals surface area contributed by atoms with Gasteiger partial charge in [-0.05, 0) is 35.9 Å². The average molecular weight is 437 g/mol. The second-order valence-electron chi connectivity index (χ2n) is 5.49. The monoisotopic (exact) mass is 436 g/mol.